The van der Waals surface area contributed by atoms with E-state index in [4.69, 9.17) is 0 Å². The predicted molar refractivity (Wildman–Crippen MR) is 28.3 cm³/mol. The summed E-state index contributed by atoms with van der Waals surface area (Å²) in [4.78, 5) is 16.1. The summed E-state index contributed by atoms with van der Waals surface area (Å²) in [7, 11) is 0. The van der Waals surface area contributed by atoms with E-state index in [0.717, 1.165) is 0 Å². The van der Waals surface area contributed by atoms with Crippen molar-refractivity contribution < 1.29 is 4.79 Å². The maximum absolute atomic E-state index is 9.71. The molecule has 1 heterocycles. The highest BCUT2D eigenvalue weighted by atomic mass is 16.1. The van der Waals surface area contributed by atoms with Gasteiger partial charge in [-0.1, -0.05) is 0 Å². The van der Waals surface area contributed by atoms with Crippen molar-refractivity contribution in [3.8, 4) is 0 Å². The normalized spacial score (nSPS) is 8.50. The number of carbonyl (C=O) groups excluding carboxylic acids is 1. The summed E-state index contributed by atoms with van der Waals surface area (Å²) < 4.78 is 0. The van der Waals surface area contributed by atoms with Crippen molar-refractivity contribution in [3.05, 3.63) is 12.5 Å². The quantitative estimate of drug-likeness (QED) is 0.527. The van der Waals surface area contributed by atoms with Gasteiger partial charge in [-0.2, -0.15) is 0 Å². The number of nitrogens with zero attached hydrogens (tertiary/aromatic N) is 1. The molecule has 1 amide bonds. The molecule has 4 heteroatoms. The predicted octanol–water partition coefficient (Wildman–Crippen LogP) is -0.0220. The van der Waals surface area contributed by atoms with Crippen LogP contribution < -0.4 is 5.32 Å². The Hall–Kier alpha value is -1.32. The Kier molecular flexibility index (Phi) is 1.27. The topological polar surface area (TPSA) is 57.8 Å². The van der Waals surface area contributed by atoms with Gasteiger partial charge in [0.05, 0.1) is 6.33 Å². The molecule has 0 aromatic carbocycles. The van der Waals surface area contributed by atoms with Gasteiger partial charge in [0.25, 0.3) is 0 Å². The second-order valence-corrected chi connectivity index (χ2v) is 1.22. The monoisotopic (exact) mass is 111 g/mol. The molecule has 1 aromatic heterocycles. The van der Waals surface area contributed by atoms with E-state index in [1.165, 1.54) is 6.33 Å². The van der Waals surface area contributed by atoms with E-state index in [0.29, 0.717) is 12.2 Å². The van der Waals surface area contributed by atoms with Crippen LogP contribution in [-0.2, 0) is 4.79 Å². The van der Waals surface area contributed by atoms with Crippen molar-refractivity contribution in [1.82, 2.24) is 9.97 Å². The van der Waals surface area contributed by atoms with Crippen LogP contribution in [0.2, 0.25) is 0 Å². The summed E-state index contributed by atoms with van der Waals surface area (Å²) in [5.74, 6) is 0.542. The summed E-state index contributed by atoms with van der Waals surface area (Å²) in [5.41, 5.74) is 0. The van der Waals surface area contributed by atoms with Crippen LogP contribution in [0.25, 0.3) is 0 Å². The molecule has 0 unspecified atom stereocenters. The molecular formula is C4H5N3O. The van der Waals surface area contributed by atoms with Gasteiger partial charge in [-0.05, 0) is 0 Å². The average Bonchev–Trinajstić information content (AvgIpc) is 2.19. The summed E-state index contributed by atoms with van der Waals surface area (Å²) in [6, 6.07) is 0. The van der Waals surface area contributed by atoms with Crippen LogP contribution in [0.5, 0.6) is 0 Å². The van der Waals surface area contributed by atoms with Crippen molar-refractivity contribution in [2.75, 3.05) is 5.32 Å². The minimum absolute atomic E-state index is 0.542. The summed E-state index contributed by atoms with van der Waals surface area (Å²) in [5, 5.41) is 2.36. The highest BCUT2D eigenvalue weighted by Crippen LogP contribution is 1.93. The van der Waals surface area contributed by atoms with Crippen LogP contribution in [0.15, 0.2) is 12.5 Å². The second kappa shape index (κ2) is 2.11. The fraction of sp³-hybridized carbons (Fsp3) is 0. The second-order valence-electron chi connectivity index (χ2n) is 1.22. The first kappa shape index (κ1) is 4.83. The Labute approximate surface area is 45.9 Å². The van der Waals surface area contributed by atoms with Crippen molar-refractivity contribution >= 4 is 12.2 Å². The smallest absolute Gasteiger partial charge is 0.212 e. The molecule has 0 aliphatic carbocycles. The van der Waals surface area contributed by atoms with Gasteiger partial charge in [-0.25, -0.2) is 4.98 Å². The molecule has 0 aliphatic heterocycles. The van der Waals surface area contributed by atoms with Gasteiger partial charge in [0.15, 0.2) is 0 Å². The number of aromatic nitrogens is 2. The summed E-state index contributed by atoms with van der Waals surface area (Å²) in [6.45, 7) is 0. The molecule has 4 nitrogen and oxygen atoms in total. The van der Waals surface area contributed by atoms with Gasteiger partial charge in [0.2, 0.25) is 6.41 Å². The zero-order valence-corrected chi connectivity index (χ0v) is 4.09. The Morgan fingerprint density at radius 1 is 1.88 bits per heavy atom. The first-order valence-electron chi connectivity index (χ1n) is 2.12. The Bertz CT molecular complexity index is 158. The van der Waals surface area contributed by atoms with Crippen LogP contribution in [0.1, 0.15) is 0 Å². The van der Waals surface area contributed by atoms with Crippen LogP contribution in [0, 0.1) is 0 Å². The fourth-order valence-corrected chi connectivity index (χ4v) is 0.400. The molecule has 1 rings (SSSR count). The van der Waals surface area contributed by atoms with Gasteiger partial charge >= 0.3 is 0 Å². The lowest BCUT2D eigenvalue weighted by Crippen LogP contribution is -1.92. The zero-order chi connectivity index (χ0) is 5.82. The van der Waals surface area contributed by atoms with E-state index in [2.05, 4.69) is 15.3 Å². The largest absolute Gasteiger partial charge is 0.349 e. The van der Waals surface area contributed by atoms with Crippen molar-refractivity contribution in [2.45, 2.75) is 0 Å². The molecule has 0 spiro atoms. The van der Waals surface area contributed by atoms with Crippen molar-refractivity contribution in [1.29, 1.82) is 0 Å². The summed E-state index contributed by atoms with van der Waals surface area (Å²) in [6.07, 6.45) is 3.66. The number of imidazole rings is 1. The lowest BCUT2D eigenvalue weighted by atomic mass is 10.8. The first-order chi connectivity index (χ1) is 3.93. The van der Waals surface area contributed by atoms with Crippen LogP contribution >= 0.6 is 0 Å². The van der Waals surface area contributed by atoms with Gasteiger partial charge in [-0.15, -0.1) is 0 Å². The number of rotatable bonds is 2. The number of anilines is 1. The van der Waals surface area contributed by atoms with Crippen molar-refractivity contribution in [2.24, 2.45) is 0 Å². The molecular weight excluding hydrogens is 106 g/mol. The Morgan fingerprint density at radius 3 is 3.25 bits per heavy atom. The molecule has 0 saturated carbocycles. The van der Waals surface area contributed by atoms with Gasteiger partial charge in [0.1, 0.15) is 5.82 Å². The summed E-state index contributed by atoms with van der Waals surface area (Å²) >= 11 is 0. The maximum Gasteiger partial charge on any atom is 0.212 e. The molecule has 42 valence electrons. The van der Waals surface area contributed by atoms with E-state index in [1.54, 1.807) is 6.20 Å². The van der Waals surface area contributed by atoms with Crippen LogP contribution in [0.4, 0.5) is 5.82 Å². The fourth-order valence-electron chi connectivity index (χ4n) is 0.400. The molecule has 0 aliphatic rings. The maximum atomic E-state index is 9.71. The number of hydrogen-bond acceptors (Lipinski definition) is 2. The highest BCUT2D eigenvalue weighted by Gasteiger charge is 1.85. The van der Waals surface area contributed by atoms with Gasteiger partial charge < -0.3 is 10.3 Å². The molecule has 0 saturated heterocycles. The zero-order valence-electron chi connectivity index (χ0n) is 4.09. The number of hydrogen-bond donors (Lipinski definition) is 2. The Morgan fingerprint density at radius 2 is 2.75 bits per heavy atom. The molecule has 0 atom stereocenters. The number of H-pyrrole nitrogens is 1. The van der Waals surface area contributed by atoms with E-state index in [9.17, 15) is 4.79 Å². The van der Waals surface area contributed by atoms with E-state index in [1.807, 2.05) is 0 Å². The van der Waals surface area contributed by atoms with E-state index in [-0.39, 0.29) is 0 Å². The van der Waals surface area contributed by atoms with E-state index >= 15 is 0 Å². The number of aromatic amines is 1. The number of carbonyl (C=O) groups is 1. The van der Waals surface area contributed by atoms with Gasteiger partial charge in [-0.3, -0.25) is 4.79 Å². The lowest BCUT2D eigenvalue weighted by molar-refractivity contribution is -0.105. The number of nitrogens with one attached hydrogen (secondary N) is 2. The minimum atomic E-state index is 0.542. The molecule has 0 fully saturated rings. The lowest BCUT2D eigenvalue weighted by Gasteiger charge is -1.83. The minimum Gasteiger partial charge on any atom is -0.349 e. The van der Waals surface area contributed by atoms with Crippen molar-refractivity contribution in [3.63, 3.8) is 0 Å². The molecule has 0 bridgehead atoms. The molecule has 2 N–H and O–H groups in total. The van der Waals surface area contributed by atoms with Crippen LogP contribution in [0.3, 0.4) is 0 Å². The molecule has 0 radical (unpaired) electrons. The highest BCUT2D eigenvalue weighted by molar-refractivity contribution is 5.67. The third-order valence-corrected chi connectivity index (χ3v) is 0.705. The number of amides is 1. The van der Waals surface area contributed by atoms with Crippen LogP contribution in [-0.4, -0.2) is 16.4 Å². The first-order valence-corrected chi connectivity index (χ1v) is 2.12. The third-order valence-electron chi connectivity index (χ3n) is 0.705. The Balaban J connectivity index is 2.62. The standard InChI is InChI=1S/C4H5N3O/c8-3-7-4-1-5-2-6-4/h1-3H,(H,5,6)(H,7,8). The SMILES string of the molecule is O=CNc1c[nH]cn1. The average molecular weight is 111 g/mol. The van der Waals surface area contributed by atoms with Gasteiger partial charge in [0, 0.05) is 6.20 Å². The van der Waals surface area contributed by atoms with E-state index < -0.39 is 0 Å². The molecule has 8 heavy (non-hydrogen) atoms. The third kappa shape index (κ3) is 0.841. The molecule has 1 aromatic rings.